The molecule has 0 radical (unpaired) electrons. The van der Waals surface area contributed by atoms with Gasteiger partial charge in [0, 0.05) is 18.2 Å². The minimum absolute atomic E-state index is 0.287. The molecule has 0 amide bonds. The van der Waals surface area contributed by atoms with Crippen molar-refractivity contribution in [2.24, 2.45) is 7.05 Å². The van der Waals surface area contributed by atoms with E-state index in [1.807, 2.05) is 0 Å². The predicted octanol–water partition coefficient (Wildman–Crippen LogP) is 3.72. The number of hydrogen-bond acceptors (Lipinski definition) is 3. The number of nitrogen functional groups attached to an aromatic ring is 1. The van der Waals surface area contributed by atoms with Gasteiger partial charge in [-0.2, -0.15) is 5.10 Å². The number of aromatic nitrogens is 2. The number of hydrogen-bond donors (Lipinski definition) is 1. The predicted molar refractivity (Wildman–Crippen MR) is 75.7 cm³/mol. The zero-order valence-electron chi connectivity index (χ0n) is 10.6. The summed E-state index contributed by atoms with van der Waals surface area (Å²) in [4.78, 5) is 0. The zero-order chi connectivity index (χ0) is 14.3. The number of rotatable bonds is 2. The first-order chi connectivity index (χ1) is 9.58. The number of furan rings is 1. The lowest BCUT2D eigenvalue weighted by Gasteiger charge is -2.05. The normalized spacial score (nSPS) is 10.9. The maximum atomic E-state index is 13.2. The van der Waals surface area contributed by atoms with Crippen molar-refractivity contribution in [1.29, 1.82) is 0 Å². The van der Waals surface area contributed by atoms with E-state index in [1.54, 1.807) is 36.4 Å². The van der Waals surface area contributed by atoms with Crippen LogP contribution in [0.25, 0.3) is 22.4 Å². The van der Waals surface area contributed by atoms with E-state index in [4.69, 9.17) is 21.8 Å². The molecule has 3 rings (SSSR count). The van der Waals surface area contributed by atoms with Gasteiger partial charge in [-0.05, 0) is 24.3 Å². The lowest BCUT2D eigenvalue weighted by molar-refractivity contribution is 0.568. The topological polar surface area (TPSA) is 57.0 Å². The Morgan fingerprint density at radius 2 is 2.15 bits per heavy atom. The Labute approximate surface area is 119 Å². The molecule has 0 saturated carbocycles. The van der Waals surface area contributed by atoms with Crippen LogP contribution in [0.15, 0.2) is 41.2 Å². The Bertz CT molecular complexity index is 765. The molecule has 102 valence electrons. The smallest absolute Gasteiger partial charge is 0.129 e. The first-order valence-electron chi connectivity index (χ1n) is 5.88. The highest BCUT2D eigenvalue weighted by atomic mass is 35.5. The first kappa shape index (κ1) is 12.7. The van der Waals surface area contributed by atoms with Crippen molar-refractivity contribution in [2.45, 2.75) is 0 Å². The maximum Gasteiger partial charge on any atom is 0.129 e. The molecular weight excluding hydrogens is 281 g/mol. The highest BCUT2D eigenvalue weighted by Crippen LogP contribution is 2.39. The summed E-state index contributed by atoms with van der Waals surface area (Å²) in [6.07, 6.45) is 3.12. The average Bonchev–Trinajstić information content (AvgIpc) is 3.01. The summed E-state index contributed by atoms with van der Waals surface area (Å²) in [6.45, 7) is 0. The Hall–Kier alpha value is -2.27. The van der Waals surface area contributed by atoms with Crippen molar-refractivity contribution in [3.63, 3.8) is 0 Å². The van der Waals surface area contributed by atoms with Gasteiger partial charge in [-0.25, -0.2) is 4.39 Å². The fourth-order valence-electron chi connectivity index (χ4n) is 2.10. The van der Waals surface area contributed by atoms with Crippen molar-refractivity contribution in [2.75, 3.05) is 5.73 Å². The summed E-state index contributed by atoms with van der Waals surface area (Å²) in [5.41, 5.74) is 8.80. The molecule has 0 fully saturated rings. The SMILES string of the molecule is Cn1nc(-c2ccoc2)c(-c2ccc(F)cc2Cl)c1N. The van der Waals surface area contributed by atoms with Gasteiger partial charge in [0.05, 0.1) is 23.1 Å². The van der Waals surface area contributed by atoms with Crippen LogP contribution in [0.5, 0.6) is 0 Å². The van der Waals surface area contributed by atoms with E-state index in [2.05, 4.69) is 5.10 Å². The van der Waals surface area contributed by atoms with E-state index >= 15 is 0 Å². The van der Waals surface area contributed by atoms with Gasteiger partial charge in [0.1, 0.15) is 17.3 Å². The fourth-order valence-corrected chi connectivity index (χ4v) is 2.36. The summed E-state index contributed by atoms with van der Waals surface area (Å²) in [5.74, 6) is 0.0563. The van der Waals surface area contributed by atoms with Crippen molar-refractivity contribution < 1.29 is 8.81 Å². The van der Waals surface area contributed by atoms with Gasteiger partial charge in [-0.15, -0.1) is 0 Å². The van der Waals surface area contributed by atoms with Gasteiger partial charge in [-0.1, -0.05) is 11.6 Å². The number of nitrogens with two attached hydrogens (primary N) is 1. The zero-order valence-corrected chi connectivity index (χ0v) is 11.4. The van der Waals surface area contributed by atoms with Crippen LogP contribution in [0.3, 0.4) is 0 Å². The second-order valence-electron chi connectivity index (χ2n) is 4.37. The molecule has 1 aromatic carbocycles. The molecule has 0 unspecified atom stereocenters. The third-order valence-electron chi connectivity index (χ3n) is 3.09. The minimum atomic E-state index is -0.397. The number of aryl methyl sites for hydroxylation is 1. The monoisotopic (exact) mass is 291 g/mol. The summed E-state index contributed by atoms with van der Waals surface area (Å²) in [6, 6.07) is 5.96. The summed E-state index contributed by atoms with van der Waals surface area (Å²) < 4.78 is 19.8. The Morgan fingerprint density at radius 3 is 2.80 bits per heavy atom. The van der Waals surface area contributed by atoms with Gasteiger partial charge < -0.3 is 10.2 Å². The van der Waals surface area contributed by atoms with Gasteiger partial charge in [0.2, 0.25) is 0 Å². The molecule has 2 N–H and O–H groups in total. The van der Waals surface area contributed by atoms with Crippen LogP contribution in [0.2, 0.25) is 5.02 Å². The van der Waals surface area contributed by atoms with Crippen molar-refractivity contribution in [3.05, 3.63) is 47.6 Å². The number of halogens is 2. The second-order valence-corrected chi connectivity index (χ2v) is 4.78. The Balaban J connectivity index is 2.28. The molecular formula is C14H11ClFN3O. The van der Waals surface area contributed by atoms with E-state index < -0.39 is 5.82 Å². The molecule has 0 bridgehead atoms. The summed E-state index contributed by atoms with van der Waals surface area (Å²) in [5, 5.41) is 4.66. The lowest BCUT2D eigenvalue weighted by Crippen LogP contribution is -1.98. The highest BCUT2D eigenvalue weighted by Gasteiger charge is 2.20. The second kappa shape index (κ2) is 4.68. The Morgan fingerprint density at radius 1 is 1.35 bits per heavy atom. The molecule has 4 nitrogen and oxygen atoms in total. The molecule has 0 atom stereocenters. The van der Waals surface area contributed by atoms with E-state index in [0.717, 1.165) is 5.56 Å². The van der Waals surface area contributed by atoms with Crippen molar-refractivity contribution in [1.82, 2.24) is 9.78 Å². The molecule has 0 spiro atoms. The highest BCUT2D eigenvalue weighted by molar-refractivity contribution is 6.33. The number of anilines is 1. The molecule has 3 aromatic rings. The van der Waals surface area contributed by atoms with Crippen LogP contribution in [0.1, 0.15) is 0 Å². The van der Waals surface area contributed by atoms with E-state index in [1.165, 1.54) is 12.1 Å². The minimum Gasteiger partial charge on any atom is -0.472 e. The van der Waals surface area contributed by atoms with Crippen molar-refractivity contribution >= 4 is 17.4 Å². The van der Waals surface area contributed by atoms with Crippen LogP contribution >= 0.6 is 11.6 Å². The largest absolute Gasteiger partial charge is 0.472 e. The van der Waals surface area contributed by atoms with Crippen LogP contribution < -0.4 is 5.73 Å². The third kappa shape index (κ3) is 1.96. The van der Waals surface area contributed by atoms with Crippen LogP contribution in [-0.4, -0.2) is 9.78 Å². The first-order valence-corrected chi connectivity index (χ1v) is 6.26. The number of benzene rings is 1. The molecule has 0 aliphatic rings. The molecule has 6 heteroatoms. The van der Waals surface area contributed by atoms with E-state index in [0.29, 0.717) is 22.6 Å². The van der Waals surface area contributed by atoms with Gasteiger partial charge in [0.25, 0.3) is 0 Å². The molecule has 0 aliphatic heterocycles. The number of nitrogens with zero attached hydrogens (tertiary/aromatic N) is 2. The van der Waals surface area contributed by atoms with Gasteiger partial charge in [-0.3, -0.25) is 4.68 Å². The lowest BCUT2D eigenvalue weighted by atomic mass is 10.0. The van der Waals surface area contributed by atoms with Gasteiger partial charge >= 0.3 is 0 Å². The molecule has 0 aliphatic carbocycles. The molecule has 0 saturated heterocycles. The van der Waals surface area contributed by atoms with E-state index in [9.17, 15) is 4.39 Å². The maximum absolute atomic E-state index is 13.2. The quantitative estimate of drug-likeness (QED) is 0.783. The van der Waals surface area contributed by atoms with Crippen LogP contribution in [-0.2, 0) is 7.05 Å². The summed E-state index contributed by atoms with van der Waals surface area (Å²) >= 11 is 6.12. The summed E-state index contributed by atoms with van der Waals surface area (Å²) in [7, 11) is 1.74. The van der Waals surface area contributed by atoms with Crippen molar-refractivity contribution in [3.8, 4) is 22.4 Å². The standard InChI is InChI=1S/C14H11ClFN3O/c1-19-14(17)12(10-3-2-9(16)6-11(10)15)13(18-19)8-4-5-20-7-8/h2-7H,17H2,1H3. The van der Waals surface area contributed by atoms with Crippen LogP contribution in [0.4, 0.5) is 10.2 Å². The fraction of sp³-hybridized carbons (Fsp3) is 0.0714. The molecule has 2 heterocycles. The molecule has 20 heavy (non-hydrogen) atoms. The molecule has 2 aromatic heterocycles. The van der Waals surface area contributed by atoms with E-state index in [-0.39, 0.29) is 5.02 Å². The van der Waals surface area contributed by atoms with Gasteiger partial charge in [0.15, 0.2) is 0 Å². The third-order valence-corrected chi connectivity index (χ3v) is 3.40. The van der Waals surface area contributed by atoms with Crippen LogP contribution in [0, 0.1) is 5.82 Å². The average molecular weight is 292 g/mol. The Kier molecular flexibility index (Phi) is 2.99.